The van der Waals surface area contributed by atoms with E-state index in [4.69, 9.17) is 15.2 Å². The zero-order valence-electron chi connectivity index (χ0n) is 11.5. The number of aromatic nitrogens is 2. The van der Waals surface area contributed by atoms with Gasteiger partial charge in [0.05, 0.1) is 20.4 Å². The largest absolute Gasteiger partial charge is 0.493 e. The van der Waals surface area contributed by atoms with Gasteiger partial charge in [-0.25, -0.2) is 0 Å². The molecule has 2 N–H and O–H groups in total. The molecular weight excluding hydrogens is 242 g/mol. The monoisotopic (exact) mass is 261 g/mol. The molecule has 0 atom stereocenters. The van der Waals surface area contributed by atoms with Crippen LogP contribution in [0.25, 0.3) is 11.1 Å². The van der Waals surface area contributed by atoms with Crippen LogP contribution < -0.4 is 15.2 Å². The highest BCUT2D eigenvalue weighted by atomic mass is 16.5. The fourth-order valence-corrected chi connectivity index (χ4v) is 2.11. The van der Waals surface area contributed by atoms with Crippen LogP contribution in [-0.2, 0) is 13.5 Å². The Hall–Kier alpha value is -2.01. The van der Waals surface area contributed by atoms with Crippen LogP contribution in [0, 0.1) is 0 Å². The number of hydrogen-bond acceptors (Lipinski definition) is 4. The Balaban J connectivity index is 2.58. The first-order valence-corrected chi connectivity index (χ1v) is 6.13. The van der Waals surface area contributed by atoms with Gasteiger partial charge in [0.2, 0.25) is 0 Å². The summed E-state index contributed by atoms with van der Waals surface area (Å²) >= 11 is 0. The molecule has 0 spiro atoms. The van der Waals surface area contributed by atoms with Crippen molar-refractivity contribution in [1.29, 1.82) is 0 Å². The third-order valence-electron chi connectivity index (χ3n) is 2.99. The van der Waals surface area contributed by atoms with Crippen molar-refractivity contribution in [2.75, 3.05) is 20.8 Å². The predicted molar refractivity (Wildman–Crippen MR) is 74.5 cm³/mol. The Morgan fingerprint density at radius 2 is 2.05 bits per heavy atom. The molecule has 1 aromatic carbocycles. The molecular formula is C14H19N3O2. The molecule has 1 heterocycles. The molecule has 1 aromatic heterocycles. The van der Waals surface area contributed by atoms with Gasteiger partial charge in [-0.3, -0.25) is 4.68 Å². The molecule has 5 heteroatoms. The van der Waals surface area contributed by atoms with Crippen molar-refractivity contribution in [2.45, 2.75) is 6.42 Å². The highest BCUT2D eigenvalue weighted by Gasteiger charge is 2.15. The number of aryl methyl sites for hydroxylation is 1. The zero-order chi connectivity index (χ0) is 13.8. The van der Waals surface area contributed by atoms with Gasteiger partial charge in [0.15, 0.2) is 11.5 Å². The molecule has 0 unspecified atom stereocenters. The van der Waals surface area contributed by atoms with E-state index in [2.05, 4.69) is 11.2 Å². The minimum atomic E-state index is 0.599. The summed E-state index contributed by atoms with van der Waals surface area (Å²) in [6, 6.07) is 4.04. The van der Waals surface area contributed by atoms with Crippen LogP contribution in [0.3, 0.4) is 0 Å². The van der Waals surface area contributed by atoms with Gasteiger partial charge in [-0.2, -0.15) is 5.10 Å². The highest BCUT2D eigenvalue weighted by molar-refractivity contribution is 5.74. The molecule has 19 heavy (non-hydrogen) atoms. The molecule has 0 saturated carbocycles. The van der Waals surface area contributed by atoms with Gasteiger partial charge in [-0.15, -0.1) is 0 Å². The Kier molecular flexibility index (Phi) is 4.06. The number of nitrogens with zero attached hydrogens (tertiary/aromatic N) is 2. The molecule has 0 saturated heterocycles. The number of hydrogen-bond donors (Lipinski definition) is 1. The smallest absolute Gasteiger partial charge is 0.168 e. The Labute approximate surface area is 112 Å². The van der Waals surface area contributed by atoms with E-state index in [1.807, 2.05) is 25.5 Å². The fraction of sp³-hybridized carbons (Fsp3) is 0.357. The van der Waals surface area contributed by atoms with Crippen LogP contribution in [0.1, 0.15) is 5.56 Å². The Morgan fingerprint density at radius 1 is 1.26 bits per heavy atom. The Morgan fingerprint density at radius 3 is 2.58 bits per heavy atom. The number of ether oxygens (including phenoxy) is 2. The number of benzene rings is 1. The van der Waals surface area contributed by atoms with Gasteiger partial charge in [-0.1, -0.05) is 0 Å². The van der Waals surface area contributed by atoms with Gasteiger partial charge in [0.1, 0.15) is 0 Å². The summed E-state index contributed by atoms with van der Waals surface area (Å²) in [7, 11) is 5.16. The number of rotatable bonds is 5. The molecule has 0 amide bonds. The molecule has 0 bridgehead atoms. The van der Waals surface area contributed by atoms with Crippen LogP contribution in [-0.4, -0.2) is 30.5 Å². The Bertz CT molecular complexity index is 564. The molecule has 0 aliphatic rings. The standard InChI is InChI=1S/C14H19N3O2/c1-17-9-11(8-16-17)12-6-10(4-5-15)7-13(18-2)14(12)19-3/h6-9H,4-5,15H2,1-3H3. The quantitative estimate of drug-likeness (QED) is 0.888. The van der Waals surface area contributed by atoms with Gasteiger partial charge in [0.25, 0.3) is 0 Å². The predicted octanol–water partition coefficient (Wildman–Crippen LogP) is 1.61. The SMILES string of the molecule is COc1cc(CCN)cc(-c2cnn(C)c2)c1OC. The van der Waals surface area contributed by atoms with Gasteiger partial charge in [0, 0.05) is 24.4 Å². The number of methoxy groups -OCH3 is 2. The maximum absolute atomic E-state index is 5.63. The first-order valence-electron chi connectivity index (χ1n) is 6.13. The lowest BCUT2D eigenvalue weighted by Gasteiger charge is -2.14. The average molecular weight is 261 g/mol. The van der Waals surface area contributed by atoms with E-state index < -0.39 is 0 Å². The molecule has 0 fully saturated rings. The average Bonchev–Trinajstić information content (AvgIpc) is 2.84. The highest BCUT2D eigenvalue weighted by Crippen LogP contribution is 2.39. The van der Waals surface area contributed by atoms with Crippen molar-refractivity contribution >= 4 is 0 Å². The summed E-state index contributed by atoms with van der Waals surface area (Å²) < 4.78 is 12.6. The van der Waals surface area contributed by atoms with Crippen molar-refractivity contribution in [3.05, 3.63) is 30.1 Å². The van der Waals surface area contributed by atoms with E-state index in [9.17, 15) is 0 Å². The summed E-state index contributed by atoms with van der Waals surface area (Å²) in [5, 5.41) is 4.20. The molecule has 0 radical (unpaired) electrons. The summed E-state index contributed by atoms with van der Waals surface area (Å²) in [5.41, 5.74) is 8.72. The van der Waals surface area contributed by atoms with Crippen LogP contribution in [0.5, 0.6) is 11.5 Å². The second-order valence-electron chi connectivity index (χ2n) is 4.32. The van der Waals surface area contributed by atoms with E-state index in [0.29, 0.717) is 12.3 Å². The van der Waals surface area contributed by atoms with E-state index in [0.717, 1.165) is 28.9 Å². The lowest BCUT2D eigenvalue weighted by Crippen LogP contribution is -2.04. The maximum atomic E-state index is 5.63. The topological polar surface area (TPSA) is 62.3 Å². The molecule has 2 aromatic rings. The van der Waals surface area contributed by atoms with Crippen molar-refractivity contribution < 1.29 is 9.47 Å². The van der Waals surface area contributed by atoms with Crippen LogP contribution in [0.15, 0.2) is 24.5 Å². The summed E-state index contributed by atoms with van der Waals surface area (Å²) in [6.07, 6.45) is 4.56. The minimum absolute atomic E-state index is 0.599. The van der Waals surface area contributed by atoms with E-state index >= 15 is 0 Å². The molecule has 0 aliphatic carbocycles. The fourth-order valence-electron chi connectivity index (χ4n) is 2.11. The minimum Gasteiger partial charge on any atom is -0.493 e. The van der Waals surface area contributed by atoms with Crippen molar-refractivity contribution in [3.8, 4) is 22.6 Å². The third-order valence-corrected chi connectivity index (χ3v) is 2.99. The zero-order valence-corrected chi connectivity index (χ0v) is 11.5. The van der Waals surface area contributed by atoms with Crippen molar-refractivity contribution in [1.82, 2.24) is 9.78 Å². The summed E-state index contributed by atoms with van der Waals surface area (Å²) in [5.74, 6) is 1.43. The maximum Gasteiger partial charge on any atom is 0.168 e. The second-order valence-corrected chi connectivity index (χ2v) is 4.32. The lowest BCUT2D eigenvalue weighted by molar-refractivity contribution is 0.355. The van der Waals surface area contributed by atoms with E-state index in [1.54, 1.807) is 18.9 Å². The summed E-state index contributed by atoms with van der Waals surface area (Å²) in [4.78, 5) is 0. The van der Waals surface area contributed by atoms with Crippen molar-refractivity contribution in [3.63, 3.8) is 0 Å². The van der Waals surface area contributed by atoms with E-state index in [-0.39, 0.29) is 0 Å². The normalized spacial score (nSPS) is 10.5. The summed E-state index contributed by atoms with van der Waals surface area (Å²) in [6.45, 7) is 0.599. The van der Waals surface area contributed by atoms with E-state index in [1.165, 1.54) is 0 Å². The molecule has 0 aliphatic heterocycles. The second kappa shape index (κ2) is 5.75. The van der Waals surface area contributed by atoms with Gasteiger partial charge >= 0.3 is 0 Å². The molecule has 102 valence electrons. The van der Waals surface area contributed by atoms with Gasteiger partial charge in [-0.05, 0) is 30.7 Å². The molecule has 2 rings (SSSR count). The van der Waals surface area contributed by atoms with Crippen LogP contribution >= 0.6 is 0 Å². The lowest BCUT2D eigenvalue weighted by atomic mass is 10.0. The third kappa shape index (κ3) is 2.71. The number of nitrogens with two attached hydrogens (primary N) is 1. The first kappa shape index (κ1) is 13.4. The van der Waals surface area contributed by atoms with Crippen LogP contribution in [0.2, 0.25) is 0 Å². The van der Waals surface area contributed by atoms with Crippen molar-refractivity contribution in [2.24, 2.45) is 12.8 Å². The van der Waals surface area contributed by atoms with Gasteiger partial charge < -0.3 is 15.2 Å². The molecule has 5 nitrogen and oxygen atoms in total. The van der Waals surface area contributed by atoms with Crippen LogP contribution in [0.4, 0.5) is 0 Å². The first-order chi connectivity index (χ1) is 9.19.